The highest BCUT2D eigenvalue weighted by molar-refractivity contribution is 6.32. The van der Waals surface area contributed by atoms with Crippen LogP contribution >= 0.6 is 0 Å². The van der Waals surface area contributed by atoms with E-state index in [2.05, 4.69) is 315 Å². The summed E-state index contributed by atoms with van der Waals surface area (Å²) in [5.41, 5.74) is 28.3. The van der Waals surface area contributed by atoms with Crippen LogP contribution < -0.4 is 5.46 Å². The van der Waals surface area contributed by atoms with Crippen LogP contribution in [0.3, 0.4) is 0 Å². The molecule has 0 saturated carbocycles. The van der Waals surface area contributed by atoms with Gasteiger partial charge in [-0.05, 0) is 148 Å². The molecule has 0 bridgehead atoms. The summed E-state index contributed by atoms with van der Waals surface area (Å²) in [5.74, 6) is 0.778. The zero-order valence-corrected chi connectivity index (χ0v) is 48.7. The Morgan fingerprint density at radius 3 is 0.886 bits per heavy atom. The summed E-state index contributed by atoms with van der Waals surface area (Å²) in [6.45, 7) is 0. The van der Waals surface area contributed by atoms with Gasteiger partial charge in [-0.15, -0.1) is 5.47 Å². The van der Waals surface area contributed by atoms with Crippen molar-refractivity contribution >= 4 is 26.7 Å². The third-order valence-corrected chi connectivity index (χ3v) is 17.7. The molecule has 15 rings (SSSR count). The highest BCUT2D eigenvalue weighted by Gasteiger charge is 2.45. The van der Waals surface area contributed by atoms with Crippen LogP contribution in [0.25, 0.3) is 117 Å². The molecule has 88 heavy (non-hydrogen) atoms. The minimum atomic E-state index is -1.16. The first kappa shape index (κ1) is 54.0. The topological polar surface area (TPSA) is 9.23 Å². The molecule has 410 valence electrons. The van der Waals surface area contributed by atoms with Crippen LogP contribution in [0.15, 0.2) is 339 Å². The van der Waals surface area contributed by atoms with Crippen molar-refractivity contribution in [3.8, 4) is 111 Å². The molecule has 13 aromatic rings. The second kappa shape index (κ2) is 23.3. The van der Waals surface area contributed by atoms with Gasteiger partial charge in [0.15, 0.2) is 5.60 Å². The number of hydrogen-bond acceptors (Lipinski definition) is 1. The van der Waals surface area contributed by atoms with E-state index in [-0.39, 0.29) is 0 Å². The third-order valence-electron chi connectivity index (χ3n) is 17.7. The van der Waals surface area contributed by atoms with Gasteiger partial charge < -0.3 is 4.74 Å². The molecule has 0 unspecified atom stereocenters. The van der Waals surface area contributed by atoms with E-state index in [1.807, 2.05) is 12.1 Å². The summed E-state index contributed by atoms with van der Waals surface area (Å²) in [6, 6.07) is 116. The van der Waals surface area contributed by atoms with Gasteiger partial charge in [0.25, 0.3) is 0 Å². The van der Waals surface area contributed by atoms with E-state index < -0.39 is 5.60 Å². The van der Waals surface area contributed by atoms with Gasteiger partial charge in [-0.3, -0.25) is 0 Å². The first-order chi connectivity index (χ1) is 43.5. The Balaban J connectivity index is 0.972. The first-order valence-electron chi connectivity index (χ1n) is 30.3. The van der Waals surface area contributed by atoms with Gasteiger partial charge in [0.2, 0.25) is 0 Å². The van der Waals surface area contributed by atoms with Crippen LogP contribution in [0, 0.1) is 0 Å². The third kappa shape index (κ3) is 9.76. The van der Waals surface area contributed by atoms with Crippen LogP contribution in [-0.4, -0.2) is 15.7 Å². The molecular weight excluding hydrogens is 1060 g/mol. The molecule has 0 atom stereocenters. The van der Waals surface area contributed by atoms with Crippen LogP contribution in [0.2, 0.25) is 0 Å². The van der Waals surface area contributed by atoms with Crippen LogP contribution in [0.4, 0.5) is 0 Å². The highest BCUT2D eigenvalue weighted by Crippen LogP contribution is 2.55. The molecule has 13 aromatic carbocycles. The molecule has 0 N–H and O–H groups in total. The smallest absolute Gasteiger partial charge is 0.185 e. The lowest BCUT2D eigenvalue weighted by molar-refractivity contribution is 0.0753. The lowest BCUT2D eigenvalue weighted by atomic mass is 9.71. The molecule has 0 aromatic heterocycles. The van der Waals surface area contributed by atoms with Crippen molar-refractivity contribution in [1.82, 2.24) is 0 Å². The maximum absolute atomic E-state index is 7.78. The quantitative estimate of drug-likeness (QED) is 0.111. The molecule has 1 nitrogen and oxygen atoms in total. The van der Waals surface area contributed by atoms with Gasteiger partial charge in [0.05, 0.1) is 0 Å². The zero-order chi connectivity index (χ0) is 59.0. The first-order valence-corrected chi connectivity index (χ1v) is 30.3. The van der Waals surface area contributed by atoms with Gasteiger partial charge in [-0.25, -0.2) is 0 Å². The molecule has 0 spiro atoms. The number of hydrogen-bond donors (Lipinski definition) is 0. The number of fused-ring (bicyclic) bond motifs is 2. The summed E-state index contributed by atoms with van der Waals surface area (Å²) in [4.78, 5) is 0. The maximum atomic E-state index is 7.78. The fourth-order valence-electron chi connectivity index (χ4n) is 13.7. The fraction of sp³-hybridized carbons (Fsp3) is 0.0353. The minimum absolute atomic E-state index is 0.663. The maximum Gasteiger partial charge on any atom is 0.185 e. The Morgan fingerprint density at radius 1 is 0.261 bits per heavy atom. The van der Waals surface area contributed by atoms with Crippen molar-refractivity contribution in [3.63, 3.8) is 0 Å². The van der Waals surface area contributed by atoms with Crippen molar-refractivity contribution < 1.29 is 4.74 Å². The van der Waals surface area contributed by atoms with Gasteiger partial charge in [-0.1, -0.05) is 315 Å². The van der Waals surface area contributed by atoms with Crippen molar-refractivity contribution in [1.29, 1.82) is 0 Å². The second-order valence-electron chi connectivity index (χ2n) is 22.9. The van der Waals surface area contributed by atoms with E-state index in [0.29, 0.717) is 5.46 Å². The molecule has 0 amide bonds. The van der Waals surface area contributed by atoms with Crippen molar-refractivity contribution in [2.75, 3.05) is 0 Å². The Kier molecular flexibility index (Phi) is 14.3. The summed E-state index contributed by atoms with van der Waals surface area (Å²) in [7, 11) is 13.7. The van der Waals surface area contributed by atoms with Gasteiger partial charge in [-0.2, -0.15) is 0 Å². The lowest BCUT2D eigenvalue weighted by Gasteiger charge is -2.43. The molecule has 0 fully saturated rings. The van der Waals surface area contributed by atoms with Crippen molar-refractivity contribution in [2.45, 2.75) is 18.4 Å². The Labute approximate surface area is 519 Å². The largest absolute Gasteiger partial charge is 0.473 e. The summed E-state index contributed by atoms with van der Waals surface area (Å²) >= 11 is 0. The second-order valence-corrected chi connectivity index (χ2v) is 22.9. The lowest BCUT2D eigenvalue weighted by Crippen LogP contribution is -2.37. The molecule has 3 heteroatoms. The number of benzene rings is 13. The average Bonchev–Trinajstić information content (AvgIpc) is 0.917. The van der Waals surface area contributed by atoms with E-state index in [1.54, 1.807) is 0 Å². The van der Waals surface area contributed by atoms with Gasteiger partial charge in [0, 0.05) is 22.3 Å². The molecule has 1 aliphatic carbocycles. The van der Waals surface area contributed by atoms with Crippen molar-refractivity contribution in [3.05, 3.63) is 361 Å². The predicted molar refractivity (Wildman–Crippen MR) is 370 cm³/mol. The minimum Gasteiger partial charge on any atom is -0.473 e. The summed E-state index contributed by atoms with van der Waals surface area (Å²) < 4.78 is 7.78. The Hall–Kier alpha value is -10.7. The van der Waals surface area contributed by atoms with E-state index in [1.165, 1.54) is 22.3 Å². The number of rotatable bonds is 12. The average molecular weight is 1120 g/mol. The van der Waals surface area contributed by atoms with E-state index >= 15 is 0 Å². The standard InChI is InChI=1S/C85H58B2O/c86-69-49-51-71-72-52-50-70(87)54-78(72)88-85(77(71)53-69,67-45-41-59(42-46-67)75-55-73(57-25-9-1-10-26-57)79(61-29-13-3-14-30-61)83(65-37-21-7-22-38-65)81(75)63-33-17-5-18-34-63)68-47-43-60(44-48-68)76-56-74(58-27-11-2-12-28-58)80(62-31-15-4-16-32-62)84(66-39-23-8-24-40-66)82(76)64-35-19-6-20-36-64/h1-49,51,53-56H,50,52H2. The summed E-state index contributed by atoms with van der Waals surface area (Å²) in [5, 5.41) is 0. The molecule has 1 heterocycles. The van der Waals surface area contributed by atoms with Gasteiger partial charge >= 0.3 is 0 Å². The number of ether oxygens (including phenoxy) is 1. The molecule has 0 saturated heterocycles. The van der Waals surface area contributed by atoms with Gasteiger partial charge in [0.1, 0.15) is 21.5 Å². The SMILES string of the molecule is [B]C1=CC2=C(CC1)c1ccc([B])cc1C(c1ccc(-c3cc(-c4ccccc4)c(-c4ccccc4)c(-c4ccccc4)c3-c3ccccc3)cc1)(c1ccc(-c3cc(-c4ccccc4)c(-c4ccccc4)c(-c4ccccc4)c3-c3ccccc3)cc1)O2. The molecule has 2 aliphatic rings. The Bertz CT molecular complexity index is 4480. The molecule has 1 aliphatic heterocycles. The van der Waals surface area contributed by atoms with E-state index in [4.69, 9.17) is 20.4 Å². The van der Waals surface area contributed by atoms with Crippen LogP contribution in [-0.2, 0) is 10.3 Å². The molecule has 4 radical (unpaired) electrons. The molecular formula is C85H58B2O. The number of allylic oxidation sites excluding steroid dienone is 3. The highest BCUT2D eigenvalue weighted by atomic mass is 16.5. The van der Waals surface area contributed by atoms with E-state index in [0.717, 1.165) is 141 Å². The fourth-order valence-corrected chi connectivity index (χ4v) is 13.7. The predicted octanol–water partition coefficient (Wildman–Crippen LogP) is 21.0. The van der Waals surface area contributed by atoms with Crippen LogP contribution in [0.5, 0.6) is 0 Å². The van der Waals surface area contributed by atoms with Crippen LogP contribution in [0.1, 0.15) is 35.1 Å². The normalized spacial score (nSPS) is 13.2. The monoisotopic (exact) mass is 1120 g/mol. The zero-order valence-electron chi connectivity index (χ0n) is 48.7. The summed E-state index contributed by atoms with van der Waals surface area (Å²) in [6.07, 6.45) is 3.54. The van der Waals surface area contributed by atoms with E-state index in [9.17, 15) is 0 Å². The van der Waals surface area contributed by atoms with Crippen molar-refractivity contribution in [2.24, 2.45) is 0 Å². The Morgan fingerprint density at radius 2 is 0.557 bits per heavy atom.